The van der Waals surface area contributed by atoms with Crippen molar-refractivity contribution < 1.29 is 4.79 Å². The zero-order valence-corrected chi connectivity index (χ0v) is 4.92. The van der Waals surface area contributed by atoms with Crippen molar-refractivity contribution in [3.63, 3.8) is 0 Å². The summed E-state index contributed by atoms with van der Waals surface area (Å²) in [7, 11) is 0. The molecule has 1 aliphatic rings. The maximum absolute atomic E-state index is 9.62. The molecule has 0 N–H and O–H groups in total. The van der Waals surface area contributed by atoms with Gasteiger partial charge in [-0.3, -0.25) is 0 Å². The number of isocyanates is 1. The molecule has 44 valence electrons. The molecule has 2 heteroatoms. The molecule has 2 nitrogen and oxygen atoms in total. The van der Waals surface area contributed by atoms with Gasteiger partial charge >= 0.3 is 0 Å². The molecule has 0 bridgehead atoms. The van der Waals surface area contributed by atoms with Gasteiger partial charge in [0.2, 0.25) is 6.08 Å². The summed E-state index contributed by atoms with van der Waals surface area (Å²) in [5, 5.41) is 0. The maximum atomic E-state index is 9.62. The molecule has 0 spiro atoms. The minimum atomic E-state index is 0.308. The van der Waals surface area contributed by atoms with Crippen LogP contribution in [-0.2, 0) is 4.79 Å². The predicted octanol–water partition coefficient (Wildman–Crippen LogP) is 1.12. The van der Waals surface area contributed by atoms with Crippen molar-refractivity contribution >= 4 is 6.08 Å². The fourth-order valence-electron chi connectivity index (χ4n) is 1.04. The minimum Gasteiger partial charge on any atom is -0.211 e. The highest BCUT2D eigenvalue weighted by Gasteiger charge is 2.24. The molecule has 0 aromatic heterocycles. The van der Waals surface area contributed by atoms with Gasteiger partial charge in [-0.15, -0.1) is 0 Å². The number of hydrogen-bond donors (Lipinski definition) is 0. The first-order valence-electron chi connectivity index (χ1n) is 2.90. The zero-order chi connectivity index (χ0) is 5.98. The van der Waals surface area contributed by atoms with Crippen LogP contribution in [0.4, 0.5) is 0 Å². The van der Waals surface area contributed by atoms with Gasteiger partial charge in [0.15, 0.2) is 0 Å². The molecule has 8 heavy (non-hydrogen) atoms. The van der Waals surface area contributed by atoms with E-state index in [-0.39, 0.29) is 0 Å². The van der Waals surface area contributed by atoms with Crippen molar-refractivity contribution in [1.29, 1.82) is 0 Å². The lowest BCUT2D eigenvalue weighted by Gasteiger charge is -2.27. The van der Waals surface area contributed by atoms with Gasteiger partial charge in [-0.05, 0) is 18.8 Å². The number of rotatable bonds is 1. The van der Waals surface area contributed by atoms with Crippen molar-refractivity contribution in [1.82, 2.24) is 0 Å². The predicted molar refractivity (Wildman–Crippen MR) is 30.3 cm³/mol. The van der Waals surface area contributed by atoms with Crippen LogP contribution in [0.1, 0.15) is 19.8 Å². The lowest BCUT2D eigenvalue weighted by Crippen LogP contribution is -2.24. The fourth-order valence-corrected chi connectivity index (χ4v) is 1.04. The minimum absolute atomic E-state index is 0.308. The summed E-state index contributed by atoms with van der Waals surface area (Å²) in [6.45, 7) is 2.16. The first-order chi connectivity index (χ1) is 3.83. The van der Waals surface area contributed by atoms with E-state index in [1.165, 1.54) is 0 Å². The Hall–Kier alpha value is -0.620. The second-order valence-corrected chi connectivity index (χ2v) is 2.45. The summed E-state index contributed by atoms with van der Waals surface area (Å²) in [6.07, 6.45) is 3.72. The fraction of sp³-hybridized carbons (Fsp3) is 0.833. The van der Waals surface area contributed by atoms with Crippen LogP contribution in [0, 0.1) is 5.92 Å². The van der Waals surface area contributed by atoms with Crippen LogP contribution in [0.5, 0.6) is 0 Å². The molecule has 0 radical (unpaired) electrons. The molecule has 0 aromatic rings. The van der Waals surface area contributed by atoms with Gasteiger partial charge in [-0.25, -0.2) is 9.79 Å². The van der Waals surface area contributed by atoms with E-state index in [1.54, 1.807) is 6.08 Å². The van der Waals surface area contributed by atoms with Gasteiger partial charge in [-0.2, -0.15) is 0 Å². The van der Waals surface area contributed by atoms with Gasteiger partial charge in [-0.1, -0.05) is 6.92 Å². The number of nitrogens with zero attached hydrogens (tertiary/aromatic N) is 1. The molecule has 0 atom stereocenters. The van der Waals surface area contributed by atoms with Crippen LogP contribution in [0.25, 0.3) is 0 Å². The summed E-state index contributed by atoms with van der Waals surface area (Å²) in [5.41, 5.74) is 0. The van der Waals surface area contributed by atoms with Crippen molar-refractivity contribution in [2.75, 3.05) is 0 Å². The molecular formula is C6H9NO. The topological polar surface area (TPSA) is 29.4 Å². The third-order valence-electron chi connectivity index (χ3n) is 1.58. The van der Waals surface area contributed by atoms with E-state index < -0.39 is 0 Å². The molecule has 0 saturated heterocycles. The third kappa shape index (κ3) is 0.958. The summed E-state index contributed by atoms with van der Waals surface area (Å²) in [4.78, 5) is 13.2. The van der Waals surface area contributed by atoms with E-state index >= 15 is 0 Å². The van der Waals surface area contributed by atoms with Crippen LogP contribution in [0.3, 0.4) is 0 Å². The third-order valence-corrected chi connectivity index (χ3v) is 1.58. The molecule has 1 saturated carbocycles. The maximum Gasteiger partial charge on any atom is 0.235 e. The van der Waals surface area contributed by atoms with Crippen molar-refractivity contribution in [3.05, 3.63) is 0 Å². The summed E-state index contributed by atoms with van der Waals surface area (Å²) >= 11 is 0. The van der Waals surface area contributed by atoms with E-state index in [2.05, 4.69) is 11.9 Å². The number of carbonyl (C=O) groups excluding carboxylic acids is 1. The second kappa shape index (κ2) is 2.10. The highest BCUT2D eigenvalue weighted by molar-refractivity contribution is 5.33. The molecule has 0 aromatic carbocycles. The number of hydrogen-bond acceptors (Lipinski definition) is 2. The standard InChI is InChI=1S/C6H9NO/c1-5-2-6(3-5)7-4-8/h5-6H,2-3H2,1H3. The normalized spacial score (nSPS) is 35.1. The van der Waals surface area contributed by atoms with E-state index in [9.17, 15) is 4.79 Å². The summed E-state index contributed by atoms with van der Waals surface area (Å²) in [5.74, 6) is 0.775. The van der Waals surface area contributed by atoms with Crippen molar-refractivity contribution in [2.45, 2.75) is 25.8 Å². The zero-order valence-electron chi connectivity index (χ0n) is 4.92. The lowest BCUT2D eigenvalue weighted by atomic mass is 9.82. The van der Waals surface area contributed by atoms with Crippen LogP contribution in [-0.4, -0.2) is 12.1 Å². The van der Waals surface area contributed by atoms with Crippen LogP contribution in [0.15, 0.2) is 4.99 Å². The van der Waals surface area contributed by atoms with Gasteiger partial charge in [0.25, 0.3) is 0 Å². The van der Waals surface area contributed by atoms with E-state index in [0.29, 0.717) is 6.04 Å². The molecule has 0 heterocycles. The van der Waals surface area contributed by atoms with E-state index in [1.807, 2.05) is 0 Å². The Balaban J connectivity index is 2.25. The van der Waals surface area contributed by atoms with Crippen LogP contribution < -0.4 is 0 Å². The Morgan fingerprint density at radius 1 is 1.62 bits per heavy atom. The molecule has 1 fully saturated rings. The van der Waals surface area contributed by atoms with Gasteiger partial charge < -0.3 is 0 Å². The SMILES string of the molecule is CC1CC(N=C=O)C1. The largest absolute Gasteiger partial charge is 0.235 e. The Labute approximate surface area is 48.6 Å². The van der Waals surface area contributed by atoms with Gasteiger partial charge in [0, 0.05) is 0 Å². The average Bonchev–Trinajstić information content (AvgIpc) is 1.64. The Bertz CT molecular complexity index is 120. The first-order valence-corrected chi connectivity index (χ1v) is 2.90. The van der Waals surface area contributed by atoms with E-state index in [0.717, 1.165) is 18.8 Å². The van der Waals surface area contributed by atoms with Crippen molar-refractivity contribution in [3.8, 4) is 0 Å². The lowest BCUT2D eigenvalue weighted by molar-refractivity contribution is 0.291. The van der Waals surface area contributed by atoms with Gasteiger partial charge in [0.1, 0.15) is 0 Å². The smallest absolute Gasteiger partial charge is 0.211 e. The van der Waals surface area contributed by atoms with E-state index in [4.69, 9.17) is 0 Å². The average molecular weight is 111 g/mol. The highest BCUT2D eigenvalue weighted by atomic mass is 16.1. The van der Waals surface area contributed by atoms with Crippen molar-refractivity contribution in [2.24, 2.45) is 10.9 Å². The number of aliphatic imine (C=N–C) groups is 1. The van der Waals surface area contributed by atoms with Crippen LogP contribution in [0.2, 0.25) is 0 Å². The Kier molecular flexibility index (Phi) is 1.45. The second-order valence-electron chi connectivity index (χ2n) is 2.45. The monoisotopic (exact) mass is 111 g/mol. The molecule has 1 aliphatic carbocycles. The molecule has 1 rings (SSSR count). The molecule has 0 amide bonds. The summed E-state index contributed by atoms with van der Waals surface area (Å²) < 4.78 is 0. The van der Waals surface area contributed by atoms with Gasteiger partial charge in [0.05, 0.1) is 6.04 Å². The summed E-state index contributed by atoms with van der Waals surface area (Å²) in [6, 6.07) is 0.308. The first kappa shape index (κ1) is 5.52. The highest BCUT2D eigenvalue weighted by Crippen LogP contribution is 2.28. The Morgan fingerprint density at radius 2 is 2.25 bits per heavy atom. The molecular weight excluding hydrogens is 102 g/mol. The molecule has 0 aliphatic heterocycles. The molecule has 0 unspecified atom stereocenters. The Morgan fingerprint density at radius 3 is 2.62 bits per heavy atom. The quantitative estimate of drug-likeness (QED) is 0.368. The van der Waals surface area contributed by atoms with Crippen LogP contribution >= 0.6 is 0 Å².